The maximum atomic E-state index is 13.3. The van der Waals surface area contributed by atoms with Crippen molar-refractivity contribution in [1.82, 2.24) is 9.73 Å². The number of carbonyl (C=O) groups excluding carboxylic acids is 1. The molecule has 0 heterocycles. The van der Waals surface area contributed by atoms with Gasteiger partial charge in [0.05, 0.1) is 17.7 Å². The van der Waals surface area contributed by atoms with Crippen LogP contribution in [-0.2, 0) is 28.0 Å². The molecule has 4 aromatic carbocycles. The number of amides is 1. The van der Waals surface area contributed by atoms with Crippen LogP contribution in [0.3, 0.4) is 0 Å². The highest BCUT2D eigenvalue weighted by Crippen LogP contribution is 2.19. The molecule has 0 aliphatic heterocycles. The van der Waals surface area contributed by atoms with E-state index in [0.717, 1.165) is 25.5 Å². The minimum atomic E-state index is -3.92. The maximum absolute atomic E-state index is 13.3. The van der Waals surface area contributed by atoms with Crippen molar-refractivity contribution >= 4 is 38.1 Å². The largest absolute Gasteiger partial charge is 0.489 e. The highest BCUT2D eigenvalue weighted by Gasteiger charge is 2.26. The predicted octanol–water partition coefficient (Wildman–Crippen LogP) is 5.37. The first-order valence-corrected chi connectivity index (χ1v) is 14.0. The number of hydrogen-bond acceptors (Lipinski definition) is 5. The van der Waals surface area contributed by atoms with Crippen molar-refractivity contribution in [2.75, 3.05) is 6.54 Å². The molecule has 0 aliphatic rings. The summed E-state index contributed by atoms with van der Waals surface area (Å²) in [6, 6.07) is 32.4. The molecule has 4 aromatic rings. The third-order valence-corrected chi connectivity index (χ3v) is 7.84. The summed E-state index contributed by atoms with van der Waals surface area (Å²) in [4.78, 5) is 12.8. The SMILES string of the molecule is O=C(CN(Cc1ccc(Br)cc1)S(=O)(=O)c1ccccc1)N/N=C/c1ccc(OCc2ccccc2)cc1. The molecule has 0 aromatic heterocycles. The van der Waals surface area contributed by atoms with Crippen molar-refractivity contribution in [3.63, 3.8) is 0 Å². The van der Waals surface area contributed by atoms with Gasteiger partial charge in [-0.15, -0.1) is 0 Å². The highest BCUT2D eigenvalue weighted by atomic mass is 79.9. The van der Waals surface area contributed by atoms with Crippen LogP contribution in [0.1, 0.15) is 16.7 Å². The monoisotopic (exact) mass is 591 g/mol. The molecule has 0 saturated carbocycles. The Balaban J connectivity index is 1.37. The Morgan fingerprint density at radius 3 is 2.13 bits per heavy atom. The molecule has 0 unspecified atom stereocenters. The number of nitrogens with one attached hydrogen (secondary N) is 1. The van der Waals surface area contributed by atoms with Crippen LogP contribution < -0.4 is 10.2 Å². The van der Waals surface area contributed by atoms with Gasteiger partial charge in [0.15, 0.2) is 0 Å². The summed E-state index contributed by atoms with van der Waals surface area (Å²) < 4.78 is 34.4. The molecule has 0 bridgehead atoms. The number of sulfonamides is 1. The fraction of sp³-hybridized carbons (Fsp3) is 0.103. The molecule has 0 saturated heterocycles. The quantitative estimate of drug-likeness (QED) is 0.188. The van der Waals surface area contributed by atoms with Gasteiger partial charge in [0, 0.05) is 11.0 Å². The molecule has 9 heteroatoms. The van der Waals surface area contributed by atoms with E-state index in [4.69, 9.17) is 4.74 Å². The smallest absolute Gasteiger partial charge is 0.255 e. The summed E-state index contributed by atoms with van der Waals surface area (Å²) in [6.45, 7) is 0.107. The van der Waals surface area contributed by atoms with Crippen LogP contribution in [0.5, 0.6) is 5.75 Å². The summed E-state index contributed by atoms with van der Waals surface area (Å²) in [5.41, 5.74) is 5.00. The van der Waals surface area contributed by atoms with Gasteiger partial charge in [-0.1, -0.05) is 76.6 Å². The number of carbonyl (C=O) groups is 1. The molecule has 7 nitrogen and oxygen atoms in total. The first kappa shape index (κ1) is 27.3. The number of hydrogen-bond donors (Lipinski definition) is 1. The lowest BCUT2D eigenvalue weighted by atomic mass is 10.2. The van der Waals surface area contributed by atoms with E-state index in [1.54, 1.807) is 30.3 Å². The van der Waals surface area contributed by atoms with Crippen LogP contribution in [-0.4, -0.2) is 31.4 Å². The van der Waals surface area contributed by atoms with Gasteiger partial charge >= 0.3 is 0 Å². The summed E-state index contributed by atoms with van der Waals surface area (Å²) >= 11 is 3.38. The van der Waals surface area contributed by atoms with E-state index in [2.05, 4.69) is 26.5 Å². The van der Waals surface area contributed by atoms with Crippen molar-refractivity contribution < 1.29 is 17.9 Å². The van der Waals surface area contributed by atoms with Gasteiger partial charge in [0.25, 0.3) is 5.91 Å². The summed E-state index contributed by atoms with van der Waals surface area (Å²) in [5, 5.41) is 4.00. The molecule has 0 atom stereocenters. The number of nitrogens with zero attached hydrogens (tertiary/aromatic N) is 2. The Labute approximate surface area is 231 Å². The molecule has 38 heavy (non-hydrogen) atoms. The third-order valence-electron chi connectivity index (χ3n) is 5.50. The van der Waals surface area contributed by atoms with Gasteiger partial charge in [-0.05, 0) is 65.2 Å². The topological polar surface area (TPSA) is 88.1 Å². The fourth-order valence-electron chi connectivity index (χ4n) is 3.53. The van der Waals surface area contributed by atoms with Crippen molar-refractivity contribution in [2.24, 2.45) is 5.10 Å². The van der Waals surface area contributed by atoms with Crippen LogP contribution in [0, 0.1) is 0 Å². The van der Waals surface area contributed by atoms with Gasteiger partial charge in [0.2, 0.25) is 10.0 Å². The van der Waals surface area contributed by atoms with E-state index in [-0.39, 0.29) is 11.4 Å². The number of hydrazone groups is 1. The van der Waals surface area contributed by atoms with Crippen LogP contribution >= 0.6 is 15.9 Å². The Morgan fingerprint density at radius 2 is 1.47 bits per heavy atom. The Kier molecular flexibility index (Phi) is 9.42. The van der Waals surface area contributed by atoms with E-state index in [0.29, 0.717) is 12.4 Å². The van der Waals surface area contributed by atoms with E-state index >= 15 is 0 Å². The molecular formula is C29H26BrN3O4S. The summed E-state index contributed by atoms with van der Waals surface area (Å²) in [7, 11) is -3.92. The second-order valence-electron chi connectivity index (χ2n) is 8.35. The van der Waals surface area contributed by atoms with Gasteiger partial charge in [-0.25, -0.2) is 13.8 Å². The van der Waals surface area contributed by atoms with Crippen molar-refractivity contribution in [3.8, 4) is 5.75 Å². The normalized spacial score (nSPS) is 11.5. The number of rotatable bonds is 11. The molecule has 0 aliphatic carbocycles. The lowest BCUT2D eigenvalue weighted by Crippen LogP contribution is -2.39. The zero-order valence-electron chi connectivity index (χ0n) is 20.4. The van der Waals surface area contributed by atoms with E-state index in [9.17, 15) is 13.2 Å². The highest BCUT2D eigenvalue weighted by molar-refractivity contribution is 9.10. The molecule has 1 amide bonds. The molecule has 194 valence electrons. The van der Waals surface area contributed by atoms with Crippen LogP contribution in [0.4, 0.5) is 0 Å². The minimum absolute atomic E-state index is 0.0338. The molecule has 0 radical (unpaired) electrons. The number of benzene rings is 4. The van der Waals surface area contributed by atoms with Crippen molar-refractivity contribution in [2.45, 2.75) is 18.0 Å². The van der Waals surface area contributed by atoms with E-state index < -0.39 is 22.5 Å². The van der Waals surface area contributed by atoms with Crippen LogP contribution in [0.25, 0.3) is 0 Å². The Morgan fingerprint density at radius 1 is 0.842 bits per heavy atom. The molecule has 0 fully saturated rings. The molecule has 0 spiro atoms. The maximum Gasteiger partial charge on any atom is 0.255 e. The van der Waals surface area contributed by atoms with Gasteiger partial charge in [0.1, 0.15) is 12.4 Å². The lowest BCUT2D eigenvalue weighted by Gasteiger charge is -2.21. The zero-order valence-corrected chi connectivity index (χ0v) is 22.8. The number of ether oxygens (including phenoxy) is 1. The fourth-order valence-corrected chi connectivity index (χ4v) is 5.20. The van der Waals surface area contributed by atoms with E-state index in [1.165, 1.54) is 18.3 Å². The second kappa shape index (κ2) is 13.1. The minimum Gasteiger partial charge on any atom is -0.489 e. The van der Waals surface area contributed by atoms with Crippen molar-refractivity contribution in [3.05, 3.63) is 130 Å². The predicted molar refractivity (Wildman–Crippen MR) is 151 cm³/mol. The van der Waals surface area contributed by atoms with Gasteiger partial charge < -0.3 is 4.74 Å². The first-order valence-electron chi connectivity index (χ1n) is 11.8. The zero-order chi connectivity index (χ0) is 26.8. The average Bonchev–Trinajstić information content (AvgIpc) is 2.94. The van der Waals surface area contributed by atoms with Gasteiger partial charge in [-0.3, -0.25) is 4.79 Å². The average molecular weight is 593 g/mol. The molecule has 1 N–H and O–H groups in total. The Bertz CT molecular complexity index is 1460. The van der Waals surface area contributed by atoms with E-state index in [1.807, 2.05) is 66.7 Å². The van der Waals surface area contributed by atoms with Crippen molar-refractivity contribution in [1.29, 1.82) is 0 Å². The van der Waals surface area contributed by atoms with Crippen LogP contribution in [0.2, 0.25) is 0 Å². The number of halogens is 1. The van der Waals surface area contributed by atoms with Crippen LogP contribution in [0.15, 0.2) is 124 Å². The second-order valence-corrected chi connectivity index (χ2v) is 11.2. The third kappa shape index (κ3) is 7.85. The lowest BCUT2D eigenvalue weighted by molar-refractivity contribution is -0.121. The first-order chi connectivity index (χ1) is 18.4. The standard InChI is InChI=1S/C29H26BrN3O4S/c30-26-15-11-24(12-16-26)20-33(38(35,36)28-9-5-2-6-10-28)21-29(34)32-31-19-23-13-17-27(18-14-23)37-22-25-7-3-1-4-8-25/h1-19H,20-22H2,(H,32,34)/b31-19+. The summed E-state index contributed by atoms with van der Waals surface area (Å²) in [6.07, 6.45) is 1.49. The Hall–Kier alpha value is -3.79. The van der Waals surface area contributed by atoms with Gasteiger partial charge in [-0.2, -0.15) is 9.41 Å². The summed E-state index contributed by atoms with van der Waals surface area (Å²) in [5.74, 6) is 0.158. The molecule has 4 rings (SSSR count). The molecular weight excluding hydrogens is 566 g/mol.